The van der Waals surface area contributed by atoms with E-state index in [9.17, 15) is 31.4 Å². The first kappa shape index (κ1) is 14.6. The van der Waals surface area contributed by atoms with Crippen molar-refractivity contribution in [3.8, 4) is 0 Å². The zero-order chi connectivity index (χ0) is 13.5. The van der Waals surface area contributed by atoms with Gasteiger partial charge in [-0.25, -0.2) is 8.78 Å². The molecular weight excluding hydrogens is 254 g/mol. The molecule has 17 heavy (non-hydrogen) atoms. The Morgan fingerprint density at radius 3 is 2.12 bits per heavy atom. The standard InChI is InChI=1S/C9H12F6O2/c10-6(11)8(12,13)9(14,15)7(17)3-1-2-5(16)4-7/h5-6,16-17H,1-4H2. The first-order valence-corrected chi connectivity index (χ1v) is 4.99. The molecule has 0 aliphatic heterocycles. The Balaban J connectivity index is 3.03. The van der Waals surface area contributed by atoms with E-state index in [1.54, 1.807) is 0 Å². The zero-order valence-corrected chi connectivity index (χ0v) is 8.65. The fourth-order valence-corrected chi connectivity index (χ4v) is 1.96. The van der Waals surface area contributed by atoms with Crippen molar-refractivity contribution in [1.82, 2.24) is 0 Å². The lowest BCUT2D eigenvalue weighted by Gasteiger charge is -2.43. The van der Waals surface area contributed by atoms with Gasteiger partial charge in [-0.05, 0) is 19.3 Å². The molecule has 0 saturated heterocycles. The van der Waals surface area contributed by atoms with E-state index in [4.69, 9.17) is 5.11 Å². The predicted octanol–water partition coefficient (Wildman–Crippen LogP) is 2.19. The van der Waals surface area contributed by atoms with Crippen LogP contribution in [0.5, 0.6) is 0 Å². The summed E-state index contributed by atoms with van der Waals surface area (Å²) in [5.74, 6) is -10.9. The topological polar surface area (TPSA) is 40.5 Å². The van der Waals surface area contributed by atoms with E-state index < -0.39 is 42.8 Å². The van der Waals surface area contributed by atoms with E-state index in [1.165, 1.54) is 0 Å². The zero-order valence-electron chi connectivity index (χ0n) is 8.65. The predicted molar refractivity (Wildman–Crippen MR) is 45.3 cm³/mol. The van der Waals surface area contributed by atoms with Gasteiger partial charge in [0.05, 0.1) is 6.10 Å². The van der Waals surface area contributed by atoms with Gasteiger partial charge >= 0.3 is 18.3 Å². The SMILES string of the molecule is OC1CCCC(O)(C(F)(F)C(F)(F)C(F)F)C1. The van der Waals surface area contributed by atoms with Crippen molar-refractivity contribution in [2.45, 2.75) is 55.7 Å². The number of halogens is 6. The Morgan fingerprint density at radius 1 is 1.18 bits per heavy atom. The molecule has 1 saturated carbocycles. The van der Waals surface area contributed by atoms with Gasteiger partial charge in [0, 0.05) is 6.42 Å². The number of rotatable bonds is 3. The summed E-state index contributed by atoms with van der Waals surface area (Å²) >= 11 is 0. The number of alkyl halides is 6. The molecule has 2 N–H and O–H groups in total. The molecule has 0 aromatic rings. The fraction of sp³-hybridized carbons (Fsp3) is 1.00. The van der Waals surface area contributed by atoms with E-state index in [-0.39, 0.29) is 12.8 Å². The van der Waals surface area contributed by atoms with Crippen molar-refractivity contribution in [2.24, 2.45) is 0 Å². The fourth-order valence-electron chi connectivity index (χ4n) is 1.96. The minimum absolute atomic E-state index is 0.0681. The van der Waals surface area contributed by atoms with Crippen LogP contribution in [0.25, 0.3) is 0 Å². The van der Waals surface area contributed by atoms with E-state index >= 15 is 0 Å². The number of hydrogen-bond donors (Lipinski definition) is 2. The monoisotopic (exact) mass is 266 g/mol. The highest BCUT2D eigenvalue weighted by Gasteiger charge is 2.72. The van der Waals surface area contributed by atoms with Gasteiger partial charge in [-0.1, -0.05) is 0 Å². The summed E-state index contributed by atoms with van der Waals surface area (Å²) in [6, 6.07) is 0. The number of aliphatic hydroxyl groups excluding tert-OH is 1. The van der Waals surface area contributed by atoms with Crippen LogP contribution in [-0.2, 0) is 0 Å². The van der Waals surface area contributed by atoms with Crippen LogP contribution in [0.1, 0.15) is 25.7 Å². The quantitative estimate of drug-likeness (QED) is 0.769. The Kier molecular flexibility index (Phi) is 3.69. The van der Waals surface area contributed by atoms with Crippen molar-refractivity contribution in [2.75, 3.05) is 0 Å². The molecule has 1 rings (SSSR count). The Morgan fingerprint density at radius 2 is 1.71 bits per heavy atom. The molecular formula is C9H12F6O2. The third-order valence-electron chi connectivity index (χ3n) is 2.98. The second kappa shape index (κ2) is 4.31. The molecule has 0 amide bonds. The normalized spacial score (nSPS) is 31.9. The molecule has 0 bridgehead atoms. The average molecular weight is 266 g/mol. The average Bonchev–Trinajstić information content (AvgIpc) is 2.16. The maximum absolute atomic E-state index is 13.3. The van der Waals surface area contributed by atoms with Crippen LogP contribution in [0.3, 0.4) is 0 Å². The van der Waals surface area contributed by atoms with Crippen molar-refractivity contribution >= 4 is 0 Å². The minimum Gasteiger partial charge on any atom is -0.393 e. The molecule has 0 radical (unpaired) electrons. The van der Waals surface area contributed by atoms with Crippen LogP contribution >= 0.6 is 0 Å². The Labute approximate surface area is 93.2 Å². The summed E-state index contributed by atoms with van der Waals surface area (Å²) in [5.41, 5.74) is -3.30. The van der Waals surface area contributed by atoms with Crippen LogP contribution in [0.4, 0.5) is 26.3 Å². The van der Waals surface area contributed by atoms with Crippen molar-refractivity contribution < 1.29 is 36.6 Å². The molecule has 0 aromatic carbocycles. The maximum atomic E-state index is 13.3. The molecule has 2 nitrogen and oxygen atoms in total. The van der Waals surface area contributed by atoms with E-state index in [1.807, 2.05) is 0 Å². The Hall–Kier alpha value is -0.500. The van der Waals surface area contributed by atoms with Crippen LogP contribution in [0.2, 0.25) is 0 Å². The molecule has 2 unspecified atom stereocenters. The third-order valence-corrected chi connectivity index (χ3v) is 2.98. The van der Waals surface area contributed by atoms with E-state index in [0.29, 0.717) is 0 Å². The van der Waals surface area contributed by atoms with Gasteiger partial charge in [0.25, 0.3) is 0 Å². The molecule has 1 fully saturated rings. The van der Waals surface area contributed by atoms with E-state index in [0.717, 1.165) is 0 Å². The van der Waals surface area contributed by atoms with Gasteiger partial charge in [0.2, 0.25) is 0 Å². The molecule has 1 aliphatic carbocycles. The smallest absolute Gasteiger partial charge is 0.372 e. The van der Waals surface area contributed by atoms with Crippen LogP contribution in [-0.4, -0.2) is 40.2 Å². The molecule has 2 atom stereocenters. The van der Waals surface area contributed by atoms with Crippen LogP contribution in [0.15, 0.2) is 0 Å². The lowest BCUT2D eigenvalue weighted by molar-refractivity contribution is -0.333. The second-order valence-corrected chi connectivity index (χ2v) is 4.28. The van der Waals surface area contributed by atoms with Gasteiger partial charge in [-0.2, -0.15) is 17.6 Å². The summed E-state index contributed by atoms with van der Waals surface area (Å²) in [7, 11) is 0. The summed E-state index contributed by atoms with van der Waals surface area (Å²) in [6.07, 6.45) is -7.83. The van der Waals surface area contributed by atoms with Gasteiger partial charge in [0.1, 0.15) is 5.60 Å². The van der Waals surface area contributed by atoms with Gasteiger partial charge < -0.3 is 10.2 Å². The molecule has 8 heteroatoms. The maximum Gasteiger partial charge on any atom is 0.372 e. The minimum atomic E-state index is -5.63. The molecule has 1 aliphatic rings. The van der Waals surface area contributed by atoms with Gasteiger partial charge in [-0.15, -0.1) is 0 Å². The second-order valence-electron chi connectivity index (χ2n) is 4.28. The highest BCUT2D eigenvalue weighted by Crippen LogP contribution is 2.50. The van der Waals surface area contributed by atoms with Gasteiger partial charge in [0.15, 0.2) is 0 Å². The largest absolute Gasteiger partial charge is 0.393 e. The summed E-state index contributed by atoms with van der Waals surface area (Å²) < 4.78 is 75.9. The third kappa shape index (κ3) is 2.24. The number of aliphatic hydroxyl groups is 2. The van der Waals surface area contributed by atoms with Crippen LogP contribution in [0, 0.1) is 0 Å². The van der Waals surface area contributed by atoms with Crippen LogP contribution < -0.4 is 0 Å². The molecule has 0 aromatic heterocycles. The summed E-state index contributed by atoms with van der Waals surface area (Å²) in [4.78, 5) is 0. The lowest BCUT2D eigenvalue weighted by Crippen LogP contribution is -2.63. The van der Waals surface area contributed by atoms with Crippen molar-refractivity contribution in [3.63, 3.8) is 0 Å². The molecule has 102 valence electrons. The van der Waals surface area contributed by atoms with E-state index in [2.05, 4.69) is 0 Å². The highest BCUT2D eigenvalue weighted by molar-refractivity contribution is 5.05. The molecule has 0 heterocycles. The van der Waals surface area contributed by atoms with Crippen molar-refractivity contribution in [1.29, 1.82) is 0 Å². The first-order chi connectivity index (χ1) is 7.54. The summed E-state index contributed by atoms with van der Waals surface area (Å²) in [6.45, 7) is 0. The first-order valence-electron chi connectivity index (χ1n) is 4.99. The summed E-state index contributed by atoms with van der Waals surface area (Å²) in [5, 5.41) is 18.5. The Bertz CT molecular complexity index is 283. The highest BCUT2D eigenvalue weighted by atomic mass is 19.3. The lowest BCUT2D eigenvalue weighted by atomic mass is 9.76. The molecule has 0 spiro atoms. The van der Waals surface area contributed by atoms with Crippen molar-refractivity contribution in [3.05, 3.63) is 0 Å². The number of hydrogen-bond acceptors (Lipinski definition) is 2. The van der Waals surface area contributed by atoms with Gasteiger partial charge in [-0.3, -0.25) is 0 Å².